The van der Waals surface area contributed by atoms with Crippen molar-refractivity contribution in [1.82, 2.24) is 0 Å². The number of nitrogen functional groups attached to an aromatic ring is 1. The summed E-state index contributed by atoms with van der Waals surface area (Å²) in [5, 5.41) is 9.52. The lowest BCUT2D eigenvalue weighted by atomic mass is 10.1. The first-order valence-corrected chi connectivity index (χ1v) is 6.96. The number of aliphatic hydroxyl groups is 1. The molecule has 0 aliphatic carbocycles. The van der Waals surface area contributed by atoms with Crippen molar-refractivity contribution < 1.29 is 22.6 Å². The van der Waals surface area contributed by atoms with Crippen LogP contribution >= 0.6 is 0 Å². The highest BCUT2D eigenvalue weighted by Gasteiger charge is 2.09. The highest BCUT2D eigenvalue weighted by molar-refractivity contribution is 7.79. The van der Waals surface area contributed by atoms with Crippen molar-refractivity contribution in [3.05, 3.63) is 23.8 Å². The molecule has 0 aromatic heterocycles. The van der Waals surface area contributed by atoms with Crippen LogP contribution in [-0.4, -0.2) is 35.4 Å². The second-order valence-corrected chi connectivity index (χ2v) is 4.80. The van der Waals surface area contributed by atoms with Crippen molar-refractivity contribution in [3.8, 4) is 0 Å². The molecule has 8 heteroatoms. The van der Waals surface area contributed by atoms with Crippen LogP contribution in [0.25, 0.3) is 0 Å². The van der Waals surface area contributed by atoms with Gasteiger partial charge in [-0.25, -0.2) is 0 Å². The van der Waals surface area contributed by atoms with Gasteiger partial charge < -0.3 is 15.7 Å². The largest absolute Gasteiger partial charge is 0.399 e. The maximum Gasteiger partial charge on any atom is 0.394 e. The standard InChI is InChI=1S/C11H18N2O.H2O4S/c1-4-13(9(3)14)10-5-6-11(12)8(2)7-10;1-5(2,3)4/h5-7,9,14H,4,12H2,1-3H3;(H2,1,2,3,4). The molecule has 0 heterocycles. The van der Waals surface area contributed by atoms with Crippen LogP contribution in [-0.2, 0) is 10.4 Å². The Morgan fingerprint density at radius 2 is 1.84 bits per heavy atom. The molecule has 19 heavy (non-hydrogen) atoms. The van der Waals surface area contributed by atoms with Gasteiger partial charge in [-0.3, -0.25) is 9.11 Å². The third-order valence-electron chi connectivity index (χ3n) is 2.38. The summed E-state index contributed by atoms with van der Waals surface area (Å²) in [6.07, 6.45) is -0.469. The van der Waals surface area contributed by atoms with Crippen molar-refractivity contribution >= 4 is 21.8 Å². The molecule has 0 spiro atoms. The van der Waals surface area contributed by atoms with Gasteiger partial charge in [-0.2, -0.15) is 8.42 Å². The van der Waals surface area contributed by atoms with Gasteiger partial charge in [-0.1, -0.05) is 0 Å². The Bertz CT molecular complexity index is 494. The highest BCUT2D eigenvalue weighted by Crippen LogP contribution is 2.21. The fourth-order valence-electron chi connectivity index (χ4n) is 1.50. The molecule has 0 radical (unpaired) electrons. The first kappa shape index (κ1) is 17.6. The molecule has 1 aromatic carbocycles. The molecule has 7 nitrogen and oxygen atoms in total. The average molecular weight is 292 g/mol. The Labute approximate surface area is 113 Å². The second kappa shape index (κ2) is 7.29. The third kappa shape index (κ3) is 7.62. The smallest absolute Gasteiger partial charge is 0.394 e. The van der Waals surface area contributed by atoms with Crippen molar-refractivity contribution in [3.63, 3.8) is 0 Å². The molecule has 1 atom stereocenters. The molecule has 0 saturated carbocycles. The van der Waals surface area contributed by atoms with E-state index in [1.165, 1.54) is 0 Å². The predicted octanol–water partition coefficient (Wildman–Crippen LogP) is 1.09. The van der Waals surface area contributed by atoms with E-state index in [1.54, 1.807) is 6.92 Å². The van der Waals surface area contributed by atoms with Crippen molar-refractivity contribution in [2.24, 2.45) is 0 Å². The summed E-state index contributed by atoms with van der Waals surface area (Å²) >= 11 is 0. The molecule has 0 saturated heterocycles. The summed E-state index contributed by atoms with van der Waals surface area (Å²) in [6, 6.07) is 5.79. The SMILES string of the molecule is CCN(c1ccc(N)c(C)c1)C(C)O.O=S(=O)(O)O. The Hall–Kier alpha value is -1.35. The zero-order chi connectivity index (χ0) is 15.2. The third-order valence-corrected chi connectivity index (χ3v) is 2.38. The molecule has 0 aliphatic heterocycles. The quantitative estimate of drug-likeness (QED) is 0.373. The lowest BCUT2D eigenvalue weighted by Gasteiger charge is -2.26. The molecule has 0 bridgehead atoms. The maximum absolute atomic E-state index is 9.52. The molecule has 0 fully saturated rings. The number of anilines is 2. The fraction of sp³-hybridized carbons (Fsp3) is 0.455. The molecule has 0 aliphatic rings. The average Bonchev–Trinajstić information content (AvgIpc) is 2.21. The fourth-order valence-corrected chi connectivity index (χ4v) is 1.50. The lowest BCUT2D eigenvalue weighted by molar-refractivity contribution is 0.190. The summed E-state index contributed by atoms with van der Waals surface area (Å²) < 4.78 is 31.6. The van der Waals surface area contributed by atoms with E-state index in [1.807, 2.05) is 36.9 Å². The Balaban J connectivity index is 0.000000555. The van der Waals surface area contributed by atoms with Crippen LogP contribution in [0.15, 0.2) is 18.2 Å². The number of benzene rings is 1. The Morgan fingerprint density at radius 1 is 1.37 bits per heavy atom. The Morgan fingerprint density at radius 3 is 2.16 bits per heavy atom. The molecule has 1 unspecified atom stereocenters. The van der Waals surface area contributed by atoms with Gasteiger partial charge >= 0.3 is 10.4 Å². The molecular weight excluding hydrogens is 272 g/mol. The van der Waals surface area contributed by atoms with Crippen molar-refractivity contribution in [1.29, 1.82) is 0 Å². The van der Waals surface area contributed by atoms with Crippen LogP contribution in [0.1, 0.15) is 19.4 Å². The van der Waals surface area contributed by atoms with E-state index in [9.17, 15) is 5.11 Å². The van der Waals surface area contributed by atoms with Gasteiger partial charge in [0.05, 0.1) is 0 Å². The number of hydrogen-bond donors (Lipinski definition) is 4. The molecular formula is C11H20N2O5S. The van der Waals surface area contributed by atoms with Gasteiger partial charge in [0.25, 0.3) is 0 Å². The summed E-state index contributed by atoms with van der Waals surface area (Å²) in [6.45, 7) is 6.52. The van der Waals surface area contributed by atoms with Crippen LogP contribution in [0.4, 0.5) is 11.4 Å². The highest BCUT2D eigenvalue weighted by atomic mass is 32.3. The molecule has 1 rings (SSSR count). The minimum absolute atomic E-state index is 0.469. The predicted molar refractivity (Wildman–Crippen MR) is 74.5 cm³/mol. The molecule has 0 amide bonds. The summed E-state index contributed by atoms with van der Waals surface area (Å²) in [5.41, 5.74) is 8.56. The number of hydrogen-bond acceptors (Lipinski definition) is 5. The van der Waals surface area contributed by atoms with E-state index in [0.717, 1.165) is 23.5 Å². The van der Waals surface area contributed by atoms with E-state index in [0.29, 0.717) is 0 Å². The van der Waals surface area contributed by atoms with Gasteiger partial charge in [0, 0.05) is 17.9 Å². The monoisotopic (exact) mass is 292 g/mol. The minimum atomic E-state index is -4.67. The van der Waals surface area contributed by atoms with Gasteiger partial charge in [-0.05, 0) is 44.5 Å². The van der Waals surface area contributed by atoms with Crippen LogP contribution in [0, 0.1) is 6.92 Å². The van der Waals surface area contributed by atoms with Crippen LogP contribution in [0.5, 0.6) is 0 Å². The van der Waals surface area contributed by atoms with E-state index in [4.69, 9.17) is 23.3 Å². The molecule has 1 aromatic rings. The number of rotatable bonds is 3. The van der Waals surface area contributed by atoms with Crippen LogP contribution in [0.3, 0.4) is 0 Å². The van der Waals surface area contributed by atoms with E-state index in [2.05, 4.69) is 0 Å². The Kier molecular flexibility index (Phi) is 6.77. The van der Waals surface area contributed by atoms with Gasteiger partial charge in [0.1, 0.15) is 6.23 Å². The summed E-state index contributed by atoms with van der Waals surface area (Å²) in [7, 11) is -4.67. The first-order valence-electron chi connectivity index (χ1n) is 5.57. The molecule has 5 N–H and O–H groups in total. The minimum Gasteiger partial charge on any atom is -0.399 e. The van der Waals surface area contributed by atoms with Crippen LogP contribution in [0.2, 0.25) is 0 Å². The molecule has 110 valence electrons. The number of nitrogens with zero attached hydrogens (tertiary/aromatic N) is 1. The van der Waals surface area contributed by atoms with Crippen molar-refractivity contribution in [2.75, 3.05) is 17.2 Å². The number of nitrogens with two attached hydrogens (primary N) is 1. The normalized spacial score (nSPS) is 12.3. The first-order chi connectivity index (χ1) is 8.56. The van der Waals surface area contributed by atoms with E-state index < -0.39 is 16.6 Å². The zero-order valence-electron chi connectivity index (χ0n) is 11.1. The lowest BCUT2D eigenvalue weighted by Crippen LogP contribution is -2.32. The summed E-state index contributed by atoms with van der Waals surface area (Å²) in [5.74, 6) is 0. The van der Waals surface area contributed by atoms with Gasteiger partial charge in [0.2, 0.25) is 0 Å². The van der Waals surface area contributed by atoms with E-state index >= 15 is 0 Å². The van der Waals surface area contributed by atoms with Crippen LogP contribution < -0.4 is 10.6 Å². The van der Waals surface area contributed by atoms with Gasteiger partial charge in [0.15, 0.2) is 0 Å². The van der Waals surface area contributed by atoms with Crippen molar-refractivity contribution in [2.45, 2.75) is 27.0 Å². The van der Waals surface area contributed by atoms with E-state index in [-0.39, 0.29) is 0 Å². The second-order valence-electron chi connectivity index (χ2n) is 3.91. The number of aliphatic hydroxyl groups excluding tert-OH is 1. The number of aryl methyl sites for hydroxylation is 1. The maximum atomic E-state index is 9.52. The van der Waals surface area contributed by atoms with Gasteiger partial charge in [-0.15, -0.1) is 0 Å². The zero-order valence-corrected chi connectivity index (χ0v) is 11.9. The topological polar surface area (TPSA) is 124 Å². The summed E-state index contributed by atoms with van der Waals surface area (Å²) in [4.78, 5) is 1.91.